The lowest BCUT2D eigenvalue weighted by atomic mass is 10.0. The number of aliphatic carboxylic acids is 1. The van der Waals surface area contributed by atoms with Crippen LogP contribution in [0.25, 0.3) is 17.4 Å². The van der Waals surface area contributed by atoms with Crippen molar-refractivity contribution in [2.45, 2.75) is 13.8 Å². The normalized spacial score (nSPS) is 11.3. The molecule has 1 amide bonds. The van der Waals surface area contributed by atoms with Gasteiger partial charge in [0.2, 0.25) is 0 Å². The number of hydrogen-bond donors (Lipinski definition) is 2. The molecule has 5 nitrogen and oxygen atoms in total. The molecule has 0 spiro atoms. The molecule has 0 bridgehead atoms. The van der Waals surface area contributed by atoms with E-state index in [1.807, 2.05) is 32.0 Å². The van der Waals surface area contributed by atoms with Crippen LogP contribution in [-0.2, 0) is 4.79 Å². The highest BCUT2D eigenvalue weighted by molar-refractivity contribution is 6.02. The number of amides is 1. The molecule has 27 heavy (non-hydrogen) atoms. The Labute approximate surface area is 157 Å². The fraction of sp³-hybridized carbons (Fsp3) is 0.0909. The first kappa shape index (κ1) is 18.2. The molecule has 3 aromatic rings. The fourth-order valence-corrected chi connectivity index (χ4v) is 2.67. The lowest BCUT2D eigenvalue weighted by Crippen LogP contribution is -2.27. The second-order valence-electron chi connectivity index (χ2n) is 6.13. The van der Waals surface area contributed by atoms with Crippen LogP contribution in [0.3, 0.4) is 0 Å². The smallest absolute Gasteiger partial charge is 0.352 e. The number of hydrogen-bond acceptors (Lipinski definition) is 3. The number of aryl methyl sites for hydroxylation is 1. The number of nitrogens with one attached hydrogen (secondary N) is 1. The predicted molar refractivity (Wildman–Crippen MR) is 103 cm³/mol. The average molecular weight is 361 g/mol. The van der Waals surface area contributed by atoms with Gasteiger partial charge in [0.15, 0.2) is 0 Å². The first-order valence-corrected chi connectivity index (χ1v) is 8.43. The van der Waals surface area contributed by atoms with Crippen LogP contribution in [0.15, 0.2) is 70.8 Å². The molecule has 0 atom stereocenters. The summed E-state index contributed by atoms with van der Waals surface area (Å²) in [5, 5.41) is 11.8. The molecule has 5 heteroatoms. The zero-order chi connectivity index (χ0) is 19.4. The minimum absolute atomic E-state index is 0.259. The van der Waals surface area contributed by atoms with Crippen LogP contribution in [0.4, 0.5) is 0 Å². The first-order valence-electron chi connectivity index (χ1n) is 8.43. The maximum absolute atomic E-state index is 12.2. The molecule has 0 unspecified atom stereocenters. The average Bonchev–Trinajstić information content (AvgIpc) is 3.12. The van der Waals surface area contributed by atoms with Crippen molar-refractivity contribution in [3.63, 3.8) is 0 Å². The minimum atomic E-state index is -1.25. The third-order valence-electron chi connectivity index (χ3n) is 4.30. The van der Waals surface area contributed by atoms with Crippen LogP contribution in [-0.4, -0.2) is 17.0 Å². The van der Waals surface area contributed by atoms with Crippen molar-refractivity contribution >= 4 is 18.0 Å². The van der Waals surface area contributed by atoms with Crippen molar-refractivity contribution in [1.82, 2.24) is 5.32 Å². The summed E-state index contributed by atoms with van der Waals surface area (Å²) in [7, 11) is 0. The molecule has 0 fully saturated rings. The summed E-state index contributed by atoms with van der Waals surface area (Å²) in [5.41, 5.74) is 3.30. The summed E-state index contributed by atoms with van der Waals surface area (Å²) < 4.78 is 5.78. The fourth-order valence-electron chi connectivity index (χ4n) is 2.67. The number of carboxylic acids is 1. The molecule has 1 aromatic heterocycles. The van der Waals surface area contributed by atoms with Gasteiger partial charge in [0, 0.05) is 17.2 Å². The van der Waals surface area contributed by atoms with E-state index in [2.05, 4.69) is 5.32 Å². The van der Waals surface area contributed by atoms with E-state index in [1.165, 1.54) is 6.08 Å². The van der Waals surface area contributed by atoms with Gasteiger partial charge in [0.25, 0.3) is 5.91 Å². The molecule has 0 saturated heterocycles. The molecule has 0 radical (unpaired) electrons. The number of carbonyl (C=O) groups excluding carboxylic acids is 1. The van der Waals surface area contributed by atoms with Crippen LogP contribution < -0.4 is 5.32 Å². The van der Waals surface area contributed by atoms with Crippen LogP contribution in [0, 0.1) is 13.8 Å². The Balaban J connectivity index is 1.87. The molecule has 2 aromatic carbocycles. The molecule has 0 aliphatic rings. The number of benzene rings is 2. The molecule has 2 N–H and O–H groups in total. The van der Waals surface area contributed by atoms with Crippen molar-refractivity contribution < 1.29 is 19.1 Å². The molecule has 1 heterocycles. The van der Waals surface area contributed by atoms with Crippen LogP contribution in [0.2, 0.25) is 0 Å². The molecular formula is C22H19NO4. The van der Waals surface area contributed by atoms with Gasteiger partial charge >= 0.3 is 5.97 Å². The van der Waals surface area contributed by atoms with Gasteiger partial charge < -0.3 is 14.8 Å². The standard InChI is InChI=1S/C22H19NO4/c1-14-7-6-10-18(15(14)2)20-12-11-17(27-20)13-19(22(25)26)23-21(24)16-8-4-3-5-9-16/h3-13H,1-2H3,(H,23,24)(H,25,26)/b19-13+. The molecule has 0 aliphatic carbocycles. The first-order chi connectivity index (χ1) is 13.0. The highest BCUT2D eigenvalue weighted by Crippen LogP contribution is 2.28. The summed E-state index contributed by atoms with van der Waals surface area (Å²) in [4.78, 5) is 23.7. The Kier molecular flexibility index (Phi) is 5.22. The number of rotatable bonds is 5. The van der Waals surface area contributed by atoms with Crippen LogP contribution in [0.1, 0.15) is 27.2 Å². The Morgan fingerprint density at radius 3 is 2.41 bits per heavy atom. The Morgan fingerprint density at radius 2 is 1.70 bits per heavy atom. The second kappa shape index (κ2) is 7.74. The highest BCUT2D eigenvalue weighted by atomic mass is 16.4. The summed E-state index contributed by atoms with van der Waals surface area (Å²) in [6.45, 7) is 4.02. The Morgan fingerprint density at radius 1 is 0.963 bits per heavy atom. The van der Waals surface area contributed by atoms with Crippen LogP contribution >= 0.6 is 0 Å². The number of carboxylic acid groups (broad SMARTS) is 1. The monoisotopic (exact) mass is 361 g/mol. The van der Waals surface area contributed by atoms with Crippen molar-refractivity contribution in [2.75, 3.05) is 0 Å². The quantitative estimate of drug-likeness (QED) is 0.659. The number of furan rings is 1. The molecule has 3 rings (SSSR count). The van der Waals surface area contributed by atoms with Gasteiger partial charge in [-0.25, -0.2) is 4.79 Å². The Bertz CT molecular complexity index is 1020. The zero-order valence-electron chi connectivity index (χ0n) is 15.0. The van der Waals surface area contributed by atoms with Gasteiger partial charge in [-0.2, -0.15) is 0 Å². The molecule has 136 valence electrons. The van der Waals surface area contributed by atoms with Gasteiger partial charge in [0.1, 0.15) is 17.2 Å². The lowest BCUT2D eigenvalue weighted by molar-refractivity contribution is -0.132. The van der Waals surface area contributed by atoms with Gasteiger partial charge in [-0.15, -0.1) is 0 Å². The Hall–Kier alpha value is -3.60. The van der Waals surface area contributed by atoms with E-state index < -0.39 is 11.9 Å². The van der Waals surface area contributed by atoms with E-state index in [-0.39, 0.29) is 5.70 Å². The van der Waals surface area contributed by atoms with E-state index in [4.69, 9.17) is 4.42 Å². The molecule has 0 aliphatic heterocycles. The van der Waals surface area contributed by atoms with Gasteiger partial charge in [-0.1, -0.05) is 36.4 Å². The highest BCUT2D eigenvalue weighted by Gasteiger charge is 2.15. The van der Waals surface area contributed by atoms with Gasteiger partial charge in [-0.05, 0) is 49.2 Å². The van der Waals surface area contributed by atoms with Crippen molar-refractivity contribution in [2.24, 2.45) is 0 Å². The maximum atomic E-state index is 12.2. The second-order valence-corrected chi connectivity index (χ2v) is 6.13. The van der Waals surface area contributed by atoms with E-state index in [0.717, 1.165) is 16.7 Å². The minimum Gasteiger partial charge on any atom is -0.477 e. The summed E-state index contributed by atoms with van der Waals surface area (Å²) in [6, 6.07) is 17.8. The summed E-state index contributed by atoms with van der Waals surface area (Å²) in [5.74, 6) is -0.757. The van der Waals surface area contributed by atoms with E-state index in [1.54, 1.807) is 42.5 Å². The lowest BCUT2D eigenvalue weighted by Gasteiger charge is -2.06. The van der Waals surface area contributed by atoms with E-state index >= 15 is 0 Å². The summed E-state index contributed by atoms with van der Waals surface area (Å²) in [6.07, 6.45) is 1.30. The largest absolute Gasteiger partial charge is 0.477 e. The van der Waals surface area contributed by atoms with Crippen molar-refractivity contribution in [3.8, 4) is 11.3 Å². The molecular weight excluding hydrogens is 342 g/mol. The number of carbonyl (C=O) groups is 2. The topological polar surface area (TPSA) is 79.5 Å². The predicted octanol–water partition coefficient (Wildman–Crippen LogP) is 4.42. The van der Waals surface area contributed by atoms with Crippen LogP contribution in [0.5, 0.6) is 0 Å². The third kappa shape index (κ3) is 4.15. The SMILES string of the molecule is Cc1cccc(-c2ccc(/C=C(/NC(=O)c3ccccc3)C(=O)O)o2)c1C. The maximum Gasteiger partial charge on any atom is 0.352 e. The van der Waals surface area contributed by atoms with Gasteiger partial charge in [0.05, 0.1) is 0 Å². The van der Waals surface area contributed by atoms with E-state index in [0.29, 0.717) is 17.1 Å². The zero-order valence-corrected chi connectivity index (χ0v) is 15.0. The summed E-state index contributed by atoms with van der Waals surface area (Å²) >= 11 is 0. The molecule has 0 saturated carbocycles. The van der Waals surface area contributed by atoms with Gasteiger partial charge in [-0.3, -0.25) is 4.79 Å². The van der Waals surface area contributed by atoms with Crippen molar-refractivity contribution in [1.29, 1.82) is 0 Å². The third-order valence-corrected chi connectivity index (χ3v) is 4.30. The van der Waals surface area contributed by atoms with E-state index in [9.17, 15) is 14.7 Å². The van der Waals surface area contributed by atoms with Crippen molar-refractivity contribution in [3.05, 3.63) is 88.8 Å².